The van der Waals surface area contributed by atoms with Crippen LogP contribution in [0.5, 0.6) is 5.75 Å². The Labute approximate surface area is 167 Å². The van der Waals surface area contributed by atoms with Gasteiger partial charge in [-0.3, -0.25) is 14.4 Å². The van der Waals surface area contributed by atoms with Crippen molar-refractivity contribution in [3.63, 3.8) is 0 Å². The molecule has 0 aliphatic carbocycles. The van der Waals surface area contributed by atoms with E-state index < -0.39 is 42.1 Å². The Morgan fingerprint density at radius 2 is 1.36 bits per heavy atom. The fourth-order valence-corrected chi connectivity index (χ4v) is 1.41. The van der Waals surface area contributed by atoms with Gasteiger partial charge in [0, 0.05) is 5.75 Å². The van der Waals surface area contributed by atoms with Gasteiger partial charge in [-0.15, -0.1) is 0 Å². The lowest BCUT2D eigenvalue weighted by Gasteiger charge is -2.06. The van der Waals surface area contributed by atoms with Gasteiger partial charge < -0.3 is 42.7 Å². The number of nitrogens with two attached hydrogens (primary N) is 3. The summed E-state index contributed by atoms with van der Waals surface area (Å²) in [5, 5.41) is 42.0. The summed E-state index contributed by atoms with van der Waals surface area (Å²) >= 11 is 3.65. The van der Waals surface area contributed by atoms with Crippen molar-refractivity contribution in [2.45, 2.75) is 37.6 Å². The zero-order valence-corrected chi connectivity index (χ0v) is 16.1. The zero-order valence-electron chi connectivity index (χ0n) is 15.2. The molecule has 0 bridgehead atoms. The first-order chi connectivity index (χ1) is 12.8. The number of benzene rings is 1. The molecule has 11 nitrogen and oxygen atoms in total. The molecular formula is C16H27N3O8S. The van der Waals surface area contributed by atoms with Gasteiger partial charge in [-0.25, -0.2) is 0 Å². The monoisotopic (exact) mass is 421 g/mol. The van der Waals surface area contributed by atoms with E-state index in [0.717, 1.165) is 5.56 Å². The molecule has 0 aliphatic heterocycles. The highest BCUT2D eigenvalue weighted by Gasteiger charge is 2.16. The zero-order chi connectivity index (χ0) is 22.4. The number of carboxylic acid groups (broad SMARTS) is 3. The number of aliphatic hydroxyl groups is 1. The molecule has 12 heteroatoms. The molecular weight excluding hydrogens is 394 g/mol. The Morgan fingerprint density at radius 3 is 1.57 bits per heavy atom. The molecule has 0 spiro atoms. The highest BCUT2D eigenvalue weighted by Crippen LogP contribution is 2.10. The van der Waals surface area contributed by atoms with Crippen molar-refractivity contribution in [1.29, 1.82) is 0 Å². The number of thiol groups is 1. The van der Waals surface area contributed by atoms with E-state index >= 15 is 0 Å². The molecule has 1 aromatic carbocycles. The first-order valence-electron chi connectivity index (χ1n) is 7.85. The van der Waals surface area contributed by atoms with E-state index in [2.05, 4.69) is 12.6 Å². The molecule has 4 atom stereocenters. The lowest BCUT2D eigenvalue weighted by Crippen LogP contribution is -2.39. The number of rotatable bonds is 7. The van der Waals surface area contributed by atoms with Gasteiger partial charge in [0.15, 0.2) is 0 Å². The first kappa shape index (κ1) is 27.8. The van der Waals surface area contributed by atoms with Gasteiger partial charge in [0.05, 0.1) is 6.10 Å². The average Bonchev–Trinajstić information content (AvgIpc) is 2.62. The number of hydrogen-bond donors (Lipinski definition) is 9. The smallest absolute Gasteiger partial charge is 0.323 e. The van der Waals surface area contributed by atoms with Gasteiger partial charge >= 0.3 is 17.9 Å². The second-order valence-corrected chi connectivity index (χ2v) is 5.91. The maximum absolute atomic E-state index is 10.4. The molecule has 1 rings (SSSR count). The Kier molecular flexibility index (Phi) is 14.6. The van der Waals surface area contributed by atoms with Crippen LogP contribution in [0.3, 0.4) is 0 Å². The van der Waals surface area contributed by atoms with Crippen LogP contribution in [0.25, 0.3) is 0 Å². The van der Waals surface area contributed by atoms with E-state index in [1.54, 1.807) is 12.1 Å². The maximum Gasteiger partial charge on any atom is 0.323 e. The second kappa shape index (κ2) is 14.6. The van der Waals surface area contributed by atoms with Gasteiger partial charge in [0.1, 0.15) is 23.9 Å². The van der Waals surface area contributed by atoms with Crippen molar-refractivity contribution in [3.05, 3.63) is 29.8 Å². The fourth-order valence-electron chi connectivity index (χ4n) is 1.26. The number of phenolic OH excluding ortho intramolecular Hbond substituents is 1. The van der Waals surface area contributed by atoms with Crippen molar-refractivity contribution in [3.8, 4) is 5.75 Å². The third-order valence-corrected chi connectivity index (χ3v) is 3.42. The molecule has 0 aromatic heterocycles. The summed E-state index contributed by atoms with van der Waals surface area (Å²) < 4.78 is 0. The lowest BCUT2D eigenvalue weighted by atomic mass is 10.1. The van der Waals surface area contributed by atoms with E-state index in [-0.39, 0.29) is 17.9 Å². The third-order valence-electron chi connectivity index (χ3n) is 3.03. The van der Waals surface area contributed by atoms with Crippen LogP contribution in [0.2, 0.25) is 0 Å². The number of hydrogen-bond acceptors (Lipinski definition) is 9. The van der Waals surface area contributed by atoms with Crippen LogP contribution in [0.1, 0.15) is 12.5 Å². The molecule has 0 heterocycles. The Balaban J connectivity index is 0. The first-order valence-corrected chi connectivity index (χ1v) is 8.48. The van der Waals surface area contributed by atoms with Crippen LogP contribution in [0, 0.1) is 0 Å². The van der Waals surface area contributed by atoms with Crippen LogP contribution in [-0.2, 0) is 20.8 Å². The molecule has 0 saturated heterocycles. The van der Waals surface area contributed by atoms with E-state index in [9.17, 15) is 14.4 Å². The molecule has 0 saturated carbocycles. The van der Waals surface area contributed by atoms with Crippen LogP contribution in [-0.4, -0.2) is 73.4 Å². The van der Waals surface area contributed by atoms with Crippen molar-refractivity contribution >= 4 is 30.5 Å². The van der Waals surface area contributed by atoms with E-state index in [1.165, 1.54) is 19.1 Å². The summed E-state index contributed by atoms with van der Waals surface area (Å²) in [7, 11) is 0. The molecule has 0 radical (unpaired) electrons. The quantitative estimate of drug-likeness (QED) is 0.229. The summed E-state index contributed by atoms with van der Waals surface area (Å²) in [4.78, 5) is 30.0. The van der Waals surface area contributed by atoms with Crippen LogP contribution in [0.4, 0.5) is 0 Å². The van der Waals surface area contributed by atoms with E-state index in [1.807, 2.05) is 0 Å². The lowest BCUT2D eigenvalue weighted by molar-refractivity contribution is -0.141. The maximum atomic E-state index is 10.4. The number of carbonyl (C=O) groups is 3. The largest absolute Gasteiger partial charge is 0.508 e. The summed E-state index contributed by atoms with van der Waals surface area (Å²) in [6.07, 6.45) is -0.706. The fraction of sp³-hybridized carbons (Fsp3) is 0.438. The van der Waals surface area contributed by atoms with Crippen molar-refractivity contribution in [1.82, 2.24) is 0 Å². The predicted octanol–water partition coefficient (Wildman–Crippen LogP) is -1.55. The molecule has 0 amide bonds. The molecule has 160 valence electrons. The van der Waals surface area contributed by atoms with Crippen LogP contribution >= 0.6 is 12.6 Å². The topological polar surface area (TPSA) is 230 Å². The summed E-state index contributed by atoms with van der Waals surface area (Å²) in [6, 6.07) is 3.45. The molecule has 0 fully saturated rings. The normalized spacial score (nSPS) is 14.1. The van der Waals surface area contributed by atoms with Crippen molar-refractivity contribution < 1.29 is 39.9 Å². The molecule has 1 aromatic rings. The predicted molar refractivity (Wildman–Crippen MR) is 104 cm³/mol. The highest BCUT2D eigenvalue weighted by atomic mass is 32.1. The van der Waals surface area contributed by atoms with Gasteiger partial charge in [-0.1, -0.05) is 12.1 Å². The van der Waals surface area contributed by atoms with Gasteiger partial charge in [0.2, 0.25) is 0 Å². The van der Waals surface area contributed by atoms with E-state index in [4.69, 9.17) is 42.7 Å². The number of phenols is 1. The van der Waals surface area contributed by atoms with Gasteiger partial charge in [0.25, 0.3) is 0 Å². The second-order valence-electron chi connectivity index (χ2n) is 5.55. The average molecular weight is 421 g/mol. The summed E-state index contributed by atoms with van der Waals surface area (Å²) in [5.41, 5.74) is 16.0. The molecule has 0 unspecified atom stereocenters. The van der Waals surface area contributed by atoms with Crippen molar-refractivity contribution in [2.24, 2.45) is 17.2 Å². The number of aromatic hydroxyl groups is 1. The minimum absolute atomic E-state index is 0.160. The minimum atomic E-state index is -1.18. The molecule has 0 aliphatic rings. The number of aliphatic hydroxyl groups excluding tert-OH is 1. The van der Waals surface area contributed by atoms with Crippen LogP contribution < -0.4 is 17.2 Å². The number of carboxylic acids is 3. The Hall–Kier alpha value is -2.38. The minimum Gasteiger partial charge on any atom is -0.508 e. The standard InChI is InChI=1S/C9H11NO3.C4H9NO3.C3H7NO2S/c10-8(9(12)13)5-6-1-3-7(11)4-2-6;1-2(6)3(5)4(7)8;4-2(1-7)3(5)6/h1-4,8,11H,5,10H2,(H,12,13);2-3,6H,5H2,1H3,(H,7,8);2,7H,1,4H2,(H,5,6)/t8-;2-,3+;2-/m010/s1. The van der Waals surface area contributed by atoms with Gasteiger partial charge in [-0.05, 0) is 31.0 Å². The van der Waals surface area contributed by atoms with Crippen LogP contribution in [0.15, 0.2) is 24.3 Å². The Morgan fingerprint density at radius 1 is 0.929 bits per heavy atom. The molecule has 11 N–H and O–H groups in total. The summed E-state index contributed by atoms with van der Waals surface area (Å²) in [5.74, 6) is -2.86. The number of aliphatic carboxylic acids is 3. The summed E-state index contributed by atoms with van der Waals surface area (Å²) in [6.45, 7) is 1.33. The SMILES string of the molecule is C[C@@H](O)[C@H](N)C(=O)O.N[C@@H](CS)C(=O)O.N[C@@H](Cc1ccc(O)cc1)C(=O)O. The highest BCUT2D eigenvalue weighted by molar-refractivity contribution is 7.80. The van der Waals surface area contributed by atoms with Gasteiger partial charge in [-0.2, -0.15) is 12.6 Å². The Bertz CT molecular complexity index is 612. The third kappa shape index (κ3) is 13.8. The van der Waals surface area contributed by atoms with Crippen molar-refractivity contribution in [2.75, 3.05) is 5.75 Å². The molecule has 28 heavy (non-hydrogen) atoms. The van der Waals surface area contributed by atoms with E-state index in [0.29, 0.717) is 0 Å².